The van der Waals surface area contributed by atoms with Crippen LogP contribution in [0.5, 0.6) is 11.5 Å². The molecule has 5 nitrogen and oxygen atoms in total. The van der Waals surface area contributed by atoms with E-state index in [0.717, 1.165) is 34.3 Å². The minimum absolute atomic E-state index is 0.0845. The summed E-state index contributed by atoms with van der Waals surface area (Å²) in [4.78, 5) is 8.80. The van der Waals surface area contributed by atoms with Crippen molar-refractivity contribution in [2.45, 2.75) is 26.8 Å². The maximum Gasteiger partial charge on any atom is 0.161 e. The molecule has 0 spiro atoms. The van der Waals surface area contributed by atoms with Crippen LogP contribution in [-0.2, 0) is 0 Å². The molecule has 0 fully saturated rings. The van der Waals surface area contributed by atoms with Crippen molar-refractivity contribution in [2.75, 3.05) is 19.5 Å². The SMILES string of the molecule is COc1ccc(C(C)Nc2cnc(C)c(C)n2)cc1OC. The van der Waals surface area contributed by atoms with Crippen molar-refractivity contribution in [2.24, 2.45) is 0 Å². The first-order chi connectivity index (χ1) is 10.0. The number of rotatable bonds is 5. The zero-order valence-corrected chi connectivity index (χ0v) is 13.1. The van der Waals surface area contributed by atoms with E-state index in [2.05, 4.69) is 22.2 Å². The van der Waals surface area contributed by atoms with Gasteiger partial charge in [-0.2, -0.15) is 0 Å². The quantitative estimate of drug-likeness (QED) is 0.914. The molecule has 1 atom stereocenters. The molecule has 5 heteroatoms. The summed E-state index contributed by atoms with van der Waals surface area (Å²) in [6, 6.07) is 5.96. The summed E-state index contributed by atoms with van der Waals surface area (Å²) in [6.07, 6.45) is 1.75. The lowest BCUT2D eigenvalue weighted by Gasteiger charge is -2.17. The van der Waals surface area contributed by atoms with E-state index >= 15 is 0 Å². The Balaban J connectivity index is 2.19. The molecule has 2 aromatic rings. The maximum atomic E-state index is 5.33. The van der Waals surface area contributed by atoms with Gasteiger partial charge in [-0.15, -0.1) is 0 Å². The van der Waals surface area contributed by atoms with Crippen LogP contribution in [0.1, 0.15) is 29.9 Å². The molecule has 1 N–H and O–H groups in total. The zero-order chi connectivity index (χ0) is 15.4. The second-order valence-electron chi connectivity index (χ2n) is 4.91. The molecule has 1 aromatic carbocycles. The molecular weight excluding hydrogens is 266 g/mol. The number of methoxy groups -OCH3 is 2. The van der Waals surface area contributed by atoms with Crippen LogP contribution in [0.3, 0.4) is 0 Å². The monoisotopic (exact) mass is 287 g/mol. The predicted octanol–water partition coefficient (Wildman–Crippen LogP) is 3.28. The van der Waals surface area contributed by atoms with Crippen LogP contribution in [0.25, 0.3) is 0 Å². The van der Waals surface area contributed by atoms with Crippen molar-refractivity contribution < 1.29 is 9.47 Å². The summed E-state index contributed by atoms with van der Waals surface area (Å²) in [5.41, 5.74) is 2.96. The van der Waals surface area contributed by atoms with Gasteiger partial charge in [-0.05, 0) is 38.5 Å². The van der Waals surface area contributed by atoms with Crippen LogP contribution in [0, 0.1) is 13.8 Å². The van der Waals surface area contributed by atoms with Gasteiger partial charge < -0.3 is 14.8 Å². The van der Waals surface area contributed by atoms with Crippen molar-refractivity contribution in [3.8, 4) is 11.5 Å². The topological polar surface area (TPSA) is 56.3 Å². The summed E-state index contributed by atoms with van der Waals surface area (Å²) in [5.74, 6) is 2.20. The summed E-state index contributed by atoms with van der Waals surface area (Å²) < 4.78 is 10.6. The lowest BCUT2D eigenvalue weighted by atomic mass is 10.1. The highest BCUT2D eigenvalue weighted by Crippen LogP contribution is 2.30. The van der Waals surface area contributed by atoms with Crippen molar-refractivity contribution in [3.05, 3.63) is 41.3 Å². The Kier molecular flexibility index (Phi) is 4.62. The van der Waals surface area contributed by atoms with Crippen LogP contribution >= 0.6 is 0 Å². The van der Waals surface area contributed by atoms with Gasteiger partial charge >= 0.3 is 0 Å². The second kappa shape index (κ2) is 6.43. The lowest BCUT2D eigenvalue weighted by molar-refractivity contribution is 0.354. The highest BCUT2D eigenvalue weighted by molar-refractivity contribution is 5.46. The third kappa shape index (κ3) is 3.42. The molecular formula is C16H21N3O2. The lowest BCUT2D eigenvalue weighted by Crippen LogP contribution is -2.09. The van der Waals surface area contributed by atoms with Gasteiger partial charge in [-0.3, -0.25) is 4.98 Å². The van der Waals surface area contributed by atoms with Crippen molar-refractivity contribution in [1.29, 1.82) is 0 Å². The first-order valence-corrected chi connectivity index (χ1v) is 6.84. The first kappa shape index (κ1) is 15.1. The fourth-order valence-electron chi connectivity index (χ4n) is 2.04. The number of nitrogens with zero attached hydrogens (tertiary/aromatic N) is 2. The predicted molar refractivity (Wildman–Crippen MR) is 83.1 cm³/mol. The van der Waals surface area contributed by atoms with Crippen LogP contribution < -0.4 is 14.8 Å². The van der Waals surface area contributed by atoms with Gasteiger partial charge in [-0.25, -0.2) is 4.98 Å². The van der Waals surface area contributed by atoms with E-state index < -0.39 is 0 Å². The van der Waals surface area contributed by atoms with Gasteiger partial charge in [-0.1, -0.05) is 6.07 Å². The molecule has 2 rings (SSSR count). The average molecular weight is 287 g/mol. The van der Waals surface area contributed by atoms with Gasteiger partial charge in [0.1, 0.15) is 5.82 Å². The minimum atomic E-state index is 0.0845. The van der Waals surface area contributed by atoms with E-state index in [9.17, 15) is 0 Å². The van der Waals surface area contributed by atoms with E-state index in [0.29, 0.717) is 0 Å². The Morgan fingerprint density at radius 3 is 2.38 bits per heavy atom. The van der Waals surface area contributed by atoms with E-state index in [1.165, 1.54) is 0 Å². The number of anilines is 1. The molecule has 0 aliphatic rings. The average Bonchev–Trinajstić information content (AvgIpc) is 2.50. The van der Waals surface area contributed by atoms with Gasteiger partial charge in [0.05, 0.1) is 37.8 Å². The number of ether oxygens (including phenoxy) is 2. The van der Waals surface area contributed by atoms with Crippen molar-refractivity contribution in [3.63, 3.8) is 0 Å². The molecule has 21 heavy (non-hydrogen) atoms. The molecule has 0 saturated heterocycles. The van der Waals surface area contributed by atoms with Crippen LogP contribution in [0.4, 0.5) is 5.82 Å². The van der Waals surface area contributed by atoms with E-state index in [1.807, 2.05) is 32.0 Å². The molecule has 1 aromatic heterocycles. The smallest absolute Gasteiger partial charge is 0.161 e. The molecule has 0 aliphatic carbocycles. The molecule has 1 heterocycles. The highest BCUT2D eigenvalue weighted by atomic mass is 16.5. The number of aryl methyl sites for hydroxylation is 2. The van der Waals surface area contributed by atoms with E-state index in [-0.39, 0.29) is 6.04 Å². The van der Waals surface area contributed by atoms with E-state index in [4.69, 9.17) is 9.47 Å². The number of hydrogen-bond donors (Lipinski definition) is 1. The largest absolute Gasteiger partial charge is 0.493 e. The Bertz CT molecular complexity index is 629. The van der Waals surface area contributed by atoms with Crippen molar-refractivity contribution >= 4 is 5.82 Å². The summed E-state index contributed by atoms with van der Waals surface area (Å²) in [7, 11) is 3.26. The van der Waals surface area contributed by atoms with Crippen LogP contribution in [0.2, 0.25) is 0 Å². The normalized spacial score (nSPS) is 11.9. The third-order valence-corrected chi connectivity index (χ3v) is 3.46. The van der Waals surface area contributed by atoms with Gasteiger partial charge in [0, 0.05) is 0 Å². The highest BCUT2D eigenvalue weighted by Gasteiger charge is 2.11. The maximum absolute atomic E-state index is 5.33. The Hall–Kier alpha value is -2.30. The molecule has 112 valence electrons. The first-order valence-electron chi connectivity index (χ1n) is 6.84. The fourth-order valence-corrected chi connectivity index (χ4v) is 2.04. The summed E-state index contributed by atoms with van der Waals surface area (Å²) in [5, 5.41) is 3.35. The Labute approximate surface area is 125 Å². The molecule has 0 aliphatic heterocycles. The summed E-state index contributed by atoms with van der Waals surface area (Å²) >= 11 is 0. The van der Waals surface area contributed by atoms with Crippen LogP contribution in [-0.4, -0.2) is 24.2 Å². The second-order valence-corrected chi connectivity index (χ2v) is 4.91. The minimum Gasteiger partial charge on any atom is -0.493 e. The third-order valence-electron chi connectivity index (χ3n) is 3.46. The molecule has 0 radical (unpaired) electrons. The Morgan fingerprint density at radius 2 is 1.76 bits per heavy atom. The number of aromatic nitrogens is 2. The van der Waals surface area contributed by atoms with Gasteiger partial charge in [0.15, 0.2) is 11.5 Å². The standard InChI is InChI=1S/C16H21N3O2/c1-10-11(2)18-16(9-17-10)19-12(3)13-6-7-14(20-4)15(8-13)21-5/h6-9,12H,1-5H3,(H,18,19). The van der Waals surface area contributed by atoms with Crippen molar-refractivity contribution in [1.82, 2.24) is 9.97 Å². The number of hydrogen-bond acceptors (Lipinski definition) is 5. The number of benzene rings is 1. The van der Waals surface area contributed by atoms with Gasteiger partial charge in [0.25, 0.3) is 0 Å². The van der Waals surface area contributed by atoms with Crippen LogP contribution in [0.15, 0.2) is 24.4 Å². The van der Waals surface area contributed by atoms with Gasteiger partial charge in [0.2, 0.25) is 0 Å². The molecule has 0 amide bonds. The number of nitrogens with one attached hydrogen (secondary N) is 1. The Morgan fingerprint density at radius 1 is 1.05 bits per heavy atom. The molecule has 0 saturated carbocycles. The molecule has 0 bridgehead atoms. The molecule has 1 unspecified atom stereocenters. The summed E-state index contributed by atoms with van der Waals surface area (Å²) in [6.45, 7) is 5.97. The fraction of sp³-hybridized carbons (Fsp3) is 0.375. The van der Waals surface area contributed by atoms with E-state index in [1.54, 1.807) is 20.4 Å². The zero-order valence-electron chi connectivity index (χ0n) is 13.1.